The summed E-state index contributed by atoms with van der Waals surface area (Å²) < 4.78 is 25.8. The zero-order valence-electron chi connectivity index (χ0n) is 19.2. The van der Waals surface area contributed by atoms with Gasteiger partial charge in [-0.1, -0.05) is 25.1 Å². The second-order valence-electron chi connectivity index (χ2n) is 8.34. The van der Waals surface area contributed by atoms with Crippen LogP contribution in [0.5, 0.6) is 5.75 Å². The smallest absolute Gasteiger partial charge is 0.295 e. The van der Waals surface area contributed by atoms with Crippen LogP contribution in [0.25, 0.3) is 5.76 Å². The first-order valence-electron chi connectivity index (χ1n) is 11.6. The van der Waals surface area contributed by atoms with Crippen LogP contribution in [-0.4, -0.2) is 72.6 Å². The van der Waals surface area contributed by atoms with Crippen LogP contribution in [0, 0.1) is 5.82 Å². The quantitative estimate of drug-likeness (QED) is 0.364. The van der Waals surface area contributed by atoms with Crippen LogP contribution in [0.15, 0.2) is 54.1 Å². The molecule has 1 amide bonds. The minimum atomic E-state index is -1.02. The van der Waals surface area contributed by atoms with E-state index in [1.54, 1.807) is 42.5 Å². The summed E-state index contributed by atoms with van der Waals surface area (Å²) in [6, 6.07) is 11.7. The van der Waals surface area contributed by atoms with Crippen LogP contribution in [0.4, 0.5) is 4.39 Å². The maximum Gasteiger partial charge on any atom is 0.295 e. The summed E-state index contributed by atoms with van der Waals surface area (Å²) in [6.45, 7) is 5.96. The Kier molecular flexibility index (Phi) is 7.59. The van der Waals surface area contributed by atoms with E-state index in [1.165, 1.54) is 11.0 Å². The average molecular weight is 469 g/mol. The van der Waals surface area contributed by atoms with Gasteiger partial charge in [-0.05, 0) is 36.8 Å². The fraction of sp³-hybridized carbons (Fsp3) is 0.385. The minimum absolute atomic E-state index is 0.112. The fourth-order valence-corrected chi connectivity index (χ4v) is 4.29. The topological polar surface area (TPSA) is 79.3 Å². The summed E-state index contributed by atoms with van der Waals surface area (Å²) in [4.78, 5) is 29.6. The normalized spacial score (nSPS) is 20.6. The number of rotatable bonds is 8. The van der Waals surface area contributed by atoms with Crippen LogP contribution in [-0.2, 0) is 14.3 Å². The predicted molar refractivity (Wildman–Crippen MR) is 125 cm³/mol. The van der Waals surface area contributed by atoms with Crippen LogP contribution in [0.3, 0.4) is 0 Å². The molecule has 8 heteroatoms. The molecule has 4 rings (SSSR count). The molecule has 2 aromatic rings. The van der Waals surface area contributed by atoms with Gasteiger partial charge in [0.2, 0.25) is 0 Å². The zero-order valence-corrected chi connectivity index (χ0v) is 19.2. The van der Waals surface area contributed by atoms with Gasteiger partial charge < -0.3 is 19.5 Å². The molecule has 0 aromatic heterocycles. The highest BCUT2D eigenvalue weighted by atomic mass is 19.1. The second kappa shape index (κ2) is 10.8. The lowest BCUT2D eigenvalue weighted by atomic mass is 9.95. The Balaban J connectivity index is 1.69. The van der Waals surface area contributed by atoms with E-state index in [9.17, 15) is 19.1 Å². The standard InChI is InChI=1S/C26H29FN2O5/c1-2-15-34-19-9-7-18(8-10-19)24(30)22-23(20-5-3-4-6-21(20)27)29(26(32)25(22)31)12-11-28-13-16-33-17-14-28/h3-10,23,30H,2,11-17H2,1H3/b24-22+/t23-/m1/s1. The van der Waals surface area contributed by atoms with E-state index in [0.717, 1.165) is 19.5 Å². The van der Waals surface area contributed by atoms with Gasteiger partial charge in [0.25, 0.3) is 11.7 Å². The molecule has 2 aromatic carbocycles. The summed E-state index contributed by atoms with van der Waals surface area (Å²) in [5, 5.41) is 11.1. The van der Waals surface area contributed by atoms with E-state index in [2.05, 4.69) is 4.90 Å². The number of aliphatic hydroxyl groups excluding tert-OH is 1. The number of nitrogens with zero attached hydrogens (tertiary/aromatic N) is 2. The molecule has 0 spiro atoms. The van der Waals surface area contributed by atoms with E-state index in [1.807, 2.05) is 6.92 Å². The van der Waals surface area contributed by atoms with Crippen molar-refractivity contribution in [3.05, 3.63) is 71.0 Å². The van der Waals surface area contributed by atoms with Crippen molar-refractivity contribution in [1.29, 1.82) is 0 Å². The van der Waals surface area contributed by atoms with Crippen LogP contribution in [0.1, 0.15) is 30.5 Å². The molecule has 2 fully saturated rings. The Morgan fingerprint density at radius 1 is 1.09 bits per heavy atom. The summed E-state index contributed by atoms with van der Waals surface area (Å²) in [7, 11) is 0. The number of aliphatic hydroxyl groups is 1. The number of likely N-dealkylation sites (tertiary alicyclic amines) is 1. The lowest BCUT2D eigenvalue weighted by molar-refractivity contribution is -0.140. The van der Waals surface area contributed by atoms with E-state index in [-0.39, 0.29) is 23.4 Å². The van der Waals surface area contributed by atoms with Gasteiger partial charge >= 0.3 is 0 Å². The summed E-state index contributed by atoms with van der Waals surface area (Å²) in [5.41, 5.74) is 0.420. The third kappa shape index (κ3) is 4.98. The van der Waals surface area contributed by atoms with Crippen LogP contribution < -0.4 is 4.74 Å². The molecule has 1 atom stereocenters. The first kappa shape index (κ1) is 23.9. The molecule has 2 aliphatic rings. The van der Waals surface area contributed by atoms with Gasteiger partial charge in [0.05, 0.1) is 31.4 Å². The maximum atomic E-state index is 14.9. The number of amides is 1. The number of benzene rings is 2. The summed E-state index contributed by atoms with van der Waals surface area (Å²) in [5.74, 6) is -1.80. The second-order valence-corrected chi connectivity index (χ2v) is 8.34. The number of hydrogen-bond acceptors (Lipinski definition) is 6. The number of carbonyl (C=O) groups is 2. The molecule has 0 aliphatic carbocycles. The molecule has 2 saturated heterocycles. The Hall–Kier alpha value is -3.23. The Labute approximate surface area is 198 Å². The lowest BCUT2D eigenvalue weighted by Gasteiger charge is -2.31. The molecule has 180 valence electrons. The van der Waals surface area contributed by atoms with Gasteiger partial charge in [0.1, 0.15) is 17.3 Å². The Morgan fingerprint density at radius 2 is 1.79 bits per heavy atom. The van der Waals surface area contributed by atoms with E-state index in [0.29, 0.717) is 37.7 Å². The summed E-state index contributed by atoms with van der Waals surface area (Å²) >= 11 is 0. The van der Waals surface area contributed by atoms with Crippen molar-refractivity contribution >= 4 is 17.4 Å². The van der Waals surface area contributed by atoms with Gasteiger partial charge in [-0.3, -0.25) is 14.5 Å². The van der Waals surface area contributed by atoms with E-state index >= 15 is 0 Å². The SMILES string of the molecule is CCCOc1ccc(/C(O)=C2\C(=O)C(=O)N(CCN3CCOCC3)[C@@H]2c2ccccc2F)cc1. The Morgan fingerprint density at radius 3 is 2.47 bits per heavy atom. The van der Waals surface area contributed by atoms with Gasteiger partial charge in [0.15, 0.2) is 0 Å². The van der Waals surface area contributed by atoms with E-state index < -0.39 is 23.5 Å². The highest BCUT2D eigenvalue weighted by molar-refractivity contribution is 6.46. The number of morpholine rings is 1. The third-order valence-corrected chi connectivity index (χ3v) is 6.10. The monoisotopic (exact) mass is 468 g/mol. The molecular formula is C26H29FN2O5. The number of hydrogen-bond donors (Lipinski definition) is 1. The van der Waals surface area contributed by atoms with Crippen molar-refractivity contribution in [2.45, 2.75) is 19.4 Å². The number of ether oxygens (including phenoxy) is 2. The zero-order chi connectivity index (χ0) is 24.1. The lowest BCUT2D eigenvalue weighted by Crippen LogP contribution is -2.42. The van der Waals surface area contributed by atoms with Gasteiger partial charge in [0, 0.05) is 37.3 Å². The molecule has 7 nitrogen and oxygen atoms in total. The van der Waals surface area contributed by atoms with Crippen molar-refractivity contribution in [1.82, 2.24) is 9.80 Å². The first-order chi connectivity index (χ1) is 16.5. The van der Waals surface area contributed by atoms with Crippen LogP contribution >= 0.6 is 0 Å². The van der Waals surface area contributed by atoms with Crippen molar-refractivity contribution < 1.29 is 28.6 Å². The predicted octanol–water partition coefficient (Wildman–Crippen LogP) is 3.37. The molecule has 34 heavy (non-hydrogen) atoms. The minimum Gasteiger partial charge on any atom is -0.507 e. The van der Waals surface area contributed by atoms with Crippen LogP contribution in [0.2, 0.25) is 0 Å². The largest absolute Gasteiger partial charge is 0.507 e. The third-order valence-electron chi connectivity index (χ3n) is 6.10. The molecule has 0 saturated carbocycles. The summed E-state index contributed by atoms with van der Waals surface area (Å²) in [6.07, 6.45) is 0.859. The van der Waals surface area contributed by atoms with Gasteiger partial charge in [-0.25, -0.2) is 4.39 Å². The Bertz CT molecular complexity index is 1060. The first-order valence-corrected chi connectivity index (χ1v) is 11.6. The molecule has 0 unspecified atom stereocenters. The molecule has 0 radical (unpaired) electrons. The number of carbonyl (C=O) groups excluding carboxylic acids is 2. The van der Waals surface area contributed by atoms with Crippen molar-refractivity contribution in [3.8, 4) is 5.75 Å². The van der Waals surface area contributed by atoms with Gasteiger partial charge in [-0.2, -0.15) is 0 Å². The van der Waals surface area contributed by atoms with Crippen molar-refractivity contribution in [2.75, 3.05) is 46.0 Å². The molecule has 2 heterocycles. The average Bonchev–Trinajstić information content (AvgIpc) is 3.11. The molecule has 1 N–H and O–H groups in total. The fourth-order valence-electron chi connectivity index (χ4n) is 4.29. The molecule has 2 aliphatic heterocycles. The number of ketones is 1. The van der Waals surface area contributed by atoms with Crippen molar-refractivity contribution in [2.24, 2.45) is 0 Å². The highest BCUT2D eigenvalue weighted by Crippen LogP contribution is 2.40. The number of halogens is 1. The van der Waals surface area contributed by atoms with Crippen molar-refractivity contribution in [3.63, 3.8) is 0 Å². The van der Waals surface area contributed by atoms with E-state index in [4.69, 9.17) is 9.47 Å². The molecule has 0 bridgehead atoms. The molecular weight excluding hydrogens is 439 g/mol. The number of Topliss-reactive ketones (excluding diaryl/α,β-unsaturated/α-hetero) is 1. The maximum absolute atomic E-state index is 14.9. The van der Waals surface area contributed by atoms with Gasteiger partial charge in [-0.15, -0.1) is 0 Å². The highest BCUT2D eigenvalue weighted by Gasteiger charge is 2.46.